The van der Waals surface area contributed by atoms with Gasteiger partial charge in [0.15, 0.2) is 6.04 Å². The Labute approximate surface area is 80.6 Å². The molecule has 0 heterocycles. The van der Waals surface area contributed by atoms with Crippen molar-refractivity contribution in [1.29, 1.82) is 0 Å². The van der Waals surface area contributed by atoms with Crippen LogP contribution in [-0.4, -0.2) is 35.8 Å². The summed E-state index contributed by atoms with van der Waals surface area (Å²) >= 11 is 3.80. The van der Waals surface area contributed by atoms with E-state index in [4.69, 9.17) is 0 Å². The molecule has 1 amide bonds. The van der Waals surface area contributed by atoms with Gasteiger partial charge in [-0.15, -0.1) is 4.91 Å². The largest absolute Gasteiger partial charge is 0.467 e. The molecule has 0 aliphatic rings. The quantitative estimate of drug-likeness (QED) is 0.304. The molecule has 1 atom stereocenters. The number of thiol groups is 1. The van der Waals surface area contributed by atoms with Crippen LogP contribution in [0.15, 0.2) is 5.29 Å². The van der Waals surface area contributed by atoms with Crippen molar-refractivity contribution in [3.05, 3.63) is 4.91 Å². The van der Waals surface area contributed by atoms with E-state index < -0.39 is 17.9 Å². The highest BCUT2D eigenvalue weighted by Gasteiger charge is 2.28. The molecule has 0 N–H and O–H groups in total. The summed E-state index contributed by atoms with van der Waals surface area (Å²) in [5.41, 5.74) is 0. The van der Waals surface area contributed by atoms with Crippen LogP contribution < -0.4 is 0 Å². The number of rotatable bonds is 4. The topological polar surface area (TPSA) is 76.0 Å². The highest BCUT2D eigenvalue weighted by atomic mass is 32.1. The zero-order chi connectivity index (χ0) is 10.4. The Morgan fingerprint density at radius 3 is 2.38 bits per heavy atom. The lowest BCUT2D eigenvalue weighted by molar-refractivity contribution is -0.151. The summed E-state index contributed by atoms with van der Waals surface area (Å²) in [6.45, 7) is 1.13. The molecule has 0 aromatic heterocycles. The van der Waals surface area contributed by atoms with Crippen molar-refractivity contribution in [2.45, 2.75) is 13.0 Å². The van der Waals surface area contributed by atoms with E-state index >= 15 is 0 Å². The molecule has 0 radical (unpaired) electrons. The molecule has 13 heavy (non-hydrogen) atoms. The van der Waals surface area contributed by atoms with Crippen LogP contribution in [0, 0.1) is 4.91 Å². The van der Waals surface area contributed by atoms with Crippen LogP contribution in [-0.2, 0) is 14.3 Å². The first kappa shape index (κ1) is 11.9. The van der Waals surface area contributed by atoms with Gasteiger partial charge in [-0.25, -0.2) is 4.79 Å². The third-order valence-corrected chi connectivity index (χ3v) is 1.70. The van der Waals surface area contributed by atoms with Gasteiger partial charge < -0.3 is 4.74 Å². The lowest BCUT2D eigenvalue weighted by Crippen LogP contribution is -2.42. The number of esters is 1. The monoisotopic (exact) mass is 206 g/mol. The van der Waals surface area contributed by atoms with E-state index in [1.165, 1.54) is 0 Å². The number of ether oxygens (including phenoxy) is 1. The lowest BCUT2D eigenvalue weighted by Gasteiger charge is -2.18. The molecule has 0 aliphatic heterocycles. The van der Waals surface area contributed by atoms with Gasteiger partial charge in [0.05, 0.1) is 12.4 Å². The van der Waals surface area contributed by atoms with Gasteiger partial charge in [-0.3, -0.25) is 4.79 Å². The zero-order valence-electron chi connectivity index (χ0n) is 7.26. The molecule has 0 saturated heterocycles. The van der Waals surface area contributed by atoms with Crippen LogP contribution in [0.1, 0.15) is 6.92 Å². The van der Waals surface area contributed by atoms with E-state index in [2.05, 4.69) is 22.7 Å². The molecule has 0 saturated carbocycles. The molecule has 0 fully saturated rings. The van der Waals surface area contributed by atoms with Crippen LogP contribution in [0.25, 0.3) is 0 Å². The zero-order valence-corrected chi connectivity index (χ0v) is 8.15. The summed E-state index contributed by atoms with van der Waals surface area (Å²) in [4.78, 5) is 32.0. The maximum atomic E-state index is 11.0. The van der Waals surface area contributed by atoms with E-state index in [-0.39, 0.29) is 5.75 Å². The van der Waals surface area contributed by atoms with Crippen LogP contribution in [0.5, 0.6) is 0 Å². The first-order chi connectivity index (χ1) is 6.08. The molecular formula is C6H10N2O4S. The van der Waals surface area contributed by atoms with Gasteiger partial charge >= 0.3 is 5.97 Å². The fraction of sp³-hybridized carbons (Fsp3) is 0.667. The Morgan fingerprint density at radius 1 is 1.62 bits per heavy atom. The van der Waals surface area contributed by atoms with E-state index in [0.717, 1.165) is 14.0 Å². The number of amides is 1. The number of methoxy groups -OCH3 is 1. The number of carbonyl (C=O) groups is 2. The Bertz CT molecular complexity index is 221. The van der Waals surface area contributed by atoms with Crippen molar-refractivity contribution in [3.63, 3.8) is 0 Å². The maximum Gasteiger partial charge on any atom is 0.331 e. The minimum absolute atomic E-state index is 0.0159. The molecule has 6 nitrogen and oxygen atoms in total. The van der Waals surface area contributed by atoms with Crippen molar-refractivity contribution in [3.8, 4) is 0 Å². The van der Waals surface area contributed by atoms with Crippen LogP contribution in [0.2, 0.25) is 0 Å². The first-order valence-corrected chi connectivity index (χ1v) is 4.03. The normalized spacial score (nSPS) is 11.6. The van der Waals surface area contributed by atoms with Gasteiger partial charge in [0.25, 0.3) is 0 Å². The minimum atomic E-state index is -1.05. The molecule has 0 bridgehead atoms. The number of nitroso groups, excluding NO2 is 1. The molecular weight excluding hydrogens is 196 g/mol. The summed E-state index contributed by atoms with van der Waals surface area (Å²) in [6.07, 6.45) is 0. The summed E-state index contributed by atoms with van der Waals surface area (Å²) in [5.74, 6) is -1.36. The summed E-state index contributed by atoms with van der Waals surface area (Å²) in [5, 5.41) is 2.91. The Kier molecular flexibility index (Phi) is 5.05. The smallest absolute Gasteiger partial charge is 0.331 e. The van der Waals surface area contributed by atoms with E-state index in [1.807, 2.05) is 0 Å². The molecule has 0 unspecified atom stereocenters. The molecule has 74 valence electrons. The predicted octanol–water partition coefficient (Wildman–Crippen LogP) is -0.0123. The van der Waals surface area contributed by atoms with E-state index in [1.54, 1.807) is 0 Å². The molecule has 7 heteroatoms. The maximum absolute atomic E-state index is 11.0. The third-order valence-electron chi connectivity index (χ3n) is 1.35. The van der Waals surface area contributed by atoms with E-state index in [9.17, 15) is 14.5 Å². The van der Waals surface area contributed by atoms with Crippen molar-refractivity contribution in [1.82, 2.24) is 5.01 Å². The second kappa shape index (κ2) is 5.52. The minimum Gasteiger partial charge on any atom is -0.467 e. The predicted molar refractivity (Wildman–Crippen MR) is 48.0 cm³/mol. The van der Waals surface area contributed by atoms with Gasteiger partial charge in [-0.2, -0.15) is 17.6 Å². The van der Waals surface area contributed by atoms with Crippen molar-refractivity contribution in [2.75, 3.05) is 12.9 Å². The highest BCUT2D eigenvalue weighted by molar-refractivity contribution is 7.80. The van der Waals surface area contributed by atoms with Gasteiger partial charge in [0.1, 0.15) is 0 Å². The number of carbonyl (C=O) groups excluding carboxylic acids is 2. The second-order valence-electron chi connectivity index (χ2n) is 2.17. The SMILES string of the molecule is COC(=O)[C@@H](CS)N(N=O)C(C)=O. The molecule has 0 spiro atoms. The summed E-state index contributed by atoms with van der Waals surface area (Å²) in [7, 11) is 1.15. The van der Waals surface area contributed by atoms with Gasteiger partial charge in [-0.1, -0.05) is 0 Å². The van der Waals surface area contributed by atoms with Crippen molar-refractivity contribution in [2.24, 2.45) is 5.29 Å². The molecule has 0 rings (SSSR count). The van der Waals surface area contributed by atoms with Gasteiger partial charge in [0.2, 0.25) is 5.91 Å². The van der Waals surface area contributed by atoms with Crippen LogP contribution in [0.3, 0.4) is 0 Å². The lowest BCUT2D eigenvalue weighted by atomic mass is 10.3. The Hall–Kier alpha value is -1.11. The van der Waals surface area contributed by atoms with Crippen molar-refractivity contribution >= 4 is 24.5 Å². The van der Waals surface area contributed by atoms with Crippen LogP contribution >= 0.6 is 12.6 Å². The number of hydrogen-bond donors (Lipinski definition) is 1. The van der Waals surface area contributed by atoms with Gasteiger partial charge in [0, 0.05) is 12.7 Å². The van der Waals surface area contributed by atoms with Crippen LogP contribution in [0.4, 0.5) is 0 Å². The highest BCUT2D eigenvalue weighted by Crippen LogP contribution is 2.05. The fourth-order valence-electron chi connectivity index (χ4n) is 0.722. The molecule has 0 aromatic rings. The molecule has 0 aliphatic carbocycles. The van der Waals surface area contributed by atoms with E-state index in [0.29, 0.717) is 5.01 Å². The second-order valence-corrected chi connectivity index (χ2v) is 2.53. The Balaban J connectivity index is 4.61. The average molecular weight is 206 g/mol. The average Bonchev–Trinajstić information content (AvgIpc) is 2.12. The standard InChI is InChI=1S/C6H10N2O4S/c1-4(9)8(7-11)5(3-13)6(10)12-2/h5,13H,3H2,1-2H3/t5-/m1/s1. The number of hydrogen-bond acceptors (Lipinski definition) is 6. The molecule has 0 aromatic carbocycles. The van der Waals surface area contributed by atoms with Gasteiger partial charge in [-0.05, 0) is 0 Å². The third kappa shape index (κ3) is 3.02. The van der Waals surface area contributed by atoms with Crippen molar-refractivity contribution < 1.29 is 14.3 Å². The summed E-state index contributed by atoms with van der Waals surface area (Å²) in [6, 6.07) is -1.05. The first-order valence-electron chi connectivity index (χ1n) is 3.40. The number of nitrogens with zero attached hydrogens (tertiary/aromatic N) is 2. The summed E-state index contributed by atoms with van der Waals surface area (Å²) < 4.78 is 4.36. The Morgan fingerprint density at radius 2 is 2.15 bits per heavy atom. The fourth-order valence-corrected chi connectivity index (χ4v) is 1.03.